The Morgan fingerprint density at radius 1 is 0.571 bits per heavy atom. The maximum Gasteiger partial charge on any atom is 0.199 e. The van der Waals surface area contributed by atoms with Crippen molar-refractivity contribution >= 4 is 23.6 Å². The molecule has 0 atom stereocenters. The number of rotatable bonds is 3. The minimum atomic E-state index is -2.16. The molecule has 1 aromatic carbocycles. The number of benzene rings is 1. The fourth-order valence-electron chi connectivity index (χ4n) is 10.9. The van der Waals surface area contributed by atoms with E-state index in [0.29, 0.717) is 10.1 Å². The van der Waals surface area contributed by atoms with E-state index >= 15 is 0 Å². The van der Waals surface area contributed by atoms with E-state index in [1.54, 1.807) is 5.19 Å². The third-order valence-corrected chi connectivity index (χ3v) is 19.0. The second kappa shape index (κ2) is 5.70. The molecule has 0 aliphatic heterocycles. The van der Waals surface area contributed by atoms with E-state index in [9.17, 15) is 0 Å². The van der Waals surface area contributed by atoms with Crippen LogP contribution in [0, 0.1) is 35.5 Å². The Hall–Kier alpha value is -0.273. The van der Waals surface area contributed by atoms with Crippen LogP contribution in [0.15, 0.2) is 30.3 Å². The van der Waals surface area contributed by atoms with Crippen LogP contribution in [-0.4, -0.2) is 7.38 Å². The molecule has 0 radical (unpaired) electrons. The summed E-state index contributed by atoms with van der Waals surface area (Å²) in [5.41, 5.74) is 0. The SMILES string of the molecule is Cl[Si](c1ccccc1)(C12CC3CC(CC(C3)C1)C2)C12CC3CC(CC(C3)C1)C2. The molecule has 8 fully saturated rings. The predicted molar refractivity (Wildman–Crippen MR) is 119 cm³/mol. The van der Waals surface area contributed by atoms with Crippen molar-refractivity contribution < 1.29 is 0 Å². The van der Waals surface area contributed by atoms with Crippen molar-refractivity contribution in [2.45, 2.75) is 87.1 Å². The van der Waals surface area contributed by atoms with Gasteiger partial charge in [0.1, 0.15) is 0 Å². The van der Waals surface area contributed by atoms with Crippen LogP contribution in [0.2, 0.25) is 10.1 Å². The molecule has 1 aromatic rings. The van der Waals surface area contributed by atoms with Crippen molar-refractivity contribution in [3.05, 3.63) is 30.3 Å². The van der Waals surface area contributed by atoms with Crippen LogP contribution < -0.4 is 5.19 Å². The van der Waals surface area contributed by atoms with Gasteiger partial charge in [0.15, 0.2) is 7.38 Å². The molecule has 8 bridgehead atoms. The van der Waals surface area contributed by atoms with Gasteiger partial charge in [-0.15, -0.1) is 0 Å². The molecule has 9 rings (SSSR count). The van der Waals surface area contributed by atoms with Crippen molar-refractivity contribution in [3.8, 4) is 0 Å². The highest BCUT2D eigenvalue weighted by Crippen LogP contribution is 2.78. The molecule has 2 heteroatoms. The summed E-state index contributed by atoms with van der Waals surface area (Å²) in [4.78, 5) is 0. The third-order valence-electron chi connectivity index (χ3n) is 10.7. The van der Waals surface area contributed by atoms with Crippen LogP contribution in [0.3, 0.4) is 0 Å². The van der Waals surface area contributed by atoms with Gasteiger partial charge in [0.05, 0.1) is 0 Å². The minimum Gasteiger partial charge on any atom is -0.160 e. The van der Waals surface area contributed by atoms with Crippen LogP contribution in [0.1, 0.15) is 77.0 Å². The van der Waals surface area contributed by atoms with Gasteiger partial charge in [-0.25, -0.2) is 0 Å². The zero-order chi connectivity index (χ0) is 18.6. The first-order valence-corrected chi connectivity index (χ1v) is 15.3. The Labute approximate surface area is 176 Å². The lowest BCUT2D eigenvalue weighted by Gasteiger charge is -2.69. The molecule has 8 aliphatic carbocycles. The summed E-state index contributed by atoms with van der Waals surface area (Å²) in [7, 11) is -2.16. The molecular formula is C26H35ClSi. The van der Waals surface area contributed by atoms with Gasteiger partial charge in [-0.1, -0.05) is 30.3 Å². The van der Waals surface area contributed by atoms with Crippen molar-refractivity contribution in [2.75, 3.05) is 0 Å². The largest absolute Gasteiger partial charge is 0.199 e. The van der Waals surface area contributed by atoms with Crippen molar-refractivity contribution in [2.24, 2.45) is 35.5 Å². The molecule has 8 aliphatic rings. The number of hydrogen-bond acceptors (Lipinski definition) is 0. The van der Waals surface area contributed by atoms with E-state index in [2.05, 4.69) is 30.3 Å². The zero-order valence-corrected chi connectivity index (χ0v) is 19.0. The Morgan fingerprint density at radius 3 is 1.21 bits per heavy atom. The average Bonchev–Trinajstić information content (AvgIpc) is 2.66. The molecule has 0 unspecified atom stereocenters. The predicted octanol–water partition coefficient (Wildman–Crippen LogP) is 7.02. The summed E-state index contributed by atoms with van der Waals surface area (Å²) in [5.74, 6) is 6.05. The maximum absolute atomic E-state index is 8.45. The molecule has 0 heterocycles. The van der Waals surface area contributed by atoms with Gasteiger partial charge in [0.25, 0.3) is 0 Å². The highest BCUT2D eigenvalue weighted by atomic mass is 35.6. The Kier molecular flexibility index (Phi) is 3.54. The first-order valence-electron chi connectivity index (χ1n) is 12.3. The number of hydrogen-bond donors (Lipinski definition) is 0. The van der Waals surface area contributed by atoms with Gasteiger partial charge < -0.3 is 0 Å². The van der Waals surface area contributed by atoms with E-state index in [1.165, 1.54) is 77.0 Å². The van der Waals surface area contributed by atoms with E-state index < -0.39 is 7.38 Å². The average molecular weight is 411 g/mol. The molecule has 8 saturated carbocycles. The van der Waals surface area contributed by atoms with Gasteiger partial charge in [-0.3, -0.25) is 0 Å². The quantitative estimate of drug-likeness (QED) is 0.371. The minimum absolute atomic E-state index is 0.510. The first kappa shape index (κ1) is 17.4. The van der Waals surface area contributed by atoms with Gasteiger partial charge in [0, 0.05) is 0 Å². The van der Waals surface area contributed by atoms with Crippen LogP contribution in [-0.2, 0) is 0 Å². The van der Waals surface area contributed by atoms with Gasteiger partial charge in [-0.05, 0) is 128 Å². The number of halogens is 1. The molecule has 0 amide bonds. The molecule has 0 aromatic heterocycles. The van der Waals surface area contributed by atoms with Crippen molar-refractivity contribution in [1.82, 2.24) is 0 Å². The van der Waals surface area contributed by atoms with Crippen LogP contribution in [0.5, 0.6) is 0 Å². The van der Waals surface area contributed by atoms with Gasteiger partial charge >= 0.3 is 0 Å². The van der Waals surface area contributed by atoms with Crippen LogP contribution in [0.4, 0.5) is 0 Å². The van der Waals surface area contributed by atoms with E-state index in [1.807, 2.05) is 0 Å². The lowest BCUT2D eigenvalue weighted by Crippen LogP contribution is -2.69. The van der Waals surface area contributed by atoms with E-state index in [0.717, 1.165) is 35.5 Å². The highest BCUT2D eigenvalue weighted by Gasteiger charge is 2.71. The van der Waals surface area contributed by atoms with Crippen LogP contribution >= 0.6 is 11.1 Å². The van der Waals surface area contributed by atoms with Crippen molar-refractivity contribution in [1.29, 1.82) is 0 Å². The summed E-state index contributed by atoms with van der Waals surface area (Å²) in [6.07, 6.45) is 18.2. The van der Waals surface area contributed by atoms with Gasteiger partial charge in [-0.2, -0.15) is 11.1 Å². The molecular weight excluding hydrogens is 376 g/mol. The first-order chi connectivity index (χ1) is 13.6. The molecule has 0 spiro atoms. The standard InChI is InChI=1S/C26H35ClSi/c27-28(24-4-2-1-3-5-24,25-12-18-6-19(13-25)8-20(7-18)14-25)26-15-21-9-22(16-26)11-23(10-21)17-26/h1-5,18-23H,6-17H2. The maximum atomic E-state index is 8.45. The normalized spacial score (nSPS) is 52.8. The highest BCUT2D eigenvalue weighted by molar-refractivity contribution is 7.30. The van der Waals surface area contributed by atoms with Crippen LogP contribution in [0.25, 0.3) is 0 Å². The van der Waals surface area contributed by atoms with Gasteiger partial charge in [0.2, 0.25) is 0 Å². The summed E-state index contributed by atoms with van der Waals surface area (Å²) in [6, 6.07) is 11.8. The fourth-order valence-corrected chi connectivity index (χ4v) is 19.1. The smallest absolute Gasteiger partial charge is 0.160 e. The second-order valence-electron chi connectivity index (χ2n) is 12.4. The molecule has 0 N–H and O–H groups in total. The zero-order valence-electron chi connectivity index (χ0n) is 17.2. The molecule has 150 valence electrons. The fraction of sp³-hybridized carbons (Fsp3) is 0.769. The van der Waals surface area contributed by atoms with Crippen molar-refractivity contribution in [3.63, 3.8) is 0 Å². The monoisotopic (exact) mass is 410 g/mol. The Morgan fingerprint density at radius 2 is 0.893 bits per heavy atom. The van der Waals surface area contributed by atoms with E-state index in [-0.39, 0.29) is 0 Å². The third kappa shape index (κ3) is 2.14. The summed E-state index contributed by atoms with van der Waals surface area (Å²) in [5, 5.41) is 2.66. The second-order valence-corrected chi connectivity index (χ2v) is 18.1. The summed E-state index contributed by atoms with van der Waals surface area (Å²) < 4.78 is 0. The Bertz CT molecular complexity index is 668. The Balaban J connectivity index is 1.42. The molecule has 0 saturated heterocycles. The summed E-state index contributed by atoms with van der Waals surface area (Å²) in [6.45, 7) is 0. The molecule has 0 nitrogen and oxygen atoms in total. The lowest BCUT2D eigenvalue weighted by atomic mass is 9.55. The topological polar surface area (TPSA) is 0 Å². The lowest BCUT2D eigenvalue weighted by molar-refractivity contribution is 0.00427. The molecule has 28 heavy (non-hydrogen) atoms. The summed E-state index contributed by atoms with van der Waals surface area (Å²) >= 11 is 8.45. The van der Waals surface area contributed by atoms with E-state index in [4.69, 9.17) is 11.1 Å².